The number of halogens is 3. The fourth-order valence-electron chi connectivity index (χ4n) is 3.08. The highest BCUT2D eigenvalue weighted by Gasteiger charge is 2.27. The van der Waals surface area contributed by atoms with Crippen LogP contribution in [0.15, 0.2) is 41.3 Å². The first kappa shape index (κ1) is 16.7. The molecule has 1 aliphatic heterocycles. The average Bonchev–Trinajstić information content (AvgIpc) is 2.64. The average molecular weight is 376 g/mol. The first-order valence-electron chi connectivity index (χ1n) is 7.88. The summed E-state index contributed by atoms with van der Waals surface area (Å²) in [6.07, 6.45) is 1.44. The summed E-state index contributed by atoms with van der Waals surface area (Å²) in [4.78, 5) is 31.2. The van der Waals surface area contributed by atoms with E-state index in [2.05, 4.69) is 4.98 Å². The van der Waals surface area contributed by atoms with Gasteiger partial charge in [-0.15, -0.1) is 0 Å². The number of benzene rings is 1. The van der Waals surface area contributed by atoms with Gasteiger partial charge in [-0.2, -0.15) is 0 Å². The summed E-state index contributed by atoms with van der Waals surface area (Å²) in [6.45, 7) is 0.328. The van der Waals surface area contributed by atoms with Crippen molar-refractivity contribution < 1.29 is 13.6 Å². The van der Waals surface area contributed by atoms with Gasteiger partial charge in [-0.25, -0.2) is 13.8 Å². The van der Waals surface area contributed by atoms with Crippen molar-refractivity contribution in [1.29, 1.82) is 0 Å². The van der Waals surface area contributed by atoms with Crippen molar-refractivity contribution in [1.82, 2.24) is 14.3 Å². The van der Waals surface area contributed by atoms with Gasteiger partial charge in [0.25, 0.3) is 11.5 Å². The van der Waals surface area contributed by atoms with E-state index >= 15 is 0 Å². The molecule has 0 radical (unpaired) electrons. The van der Waals surface area contributed by atoms with Crippen LogP contribution in [0.25, 0.3) is 5.65 Å². The molecule has 0 fully saturated rings. The van der Waals surface area contributed by atoms with Crippen molar-refractivity contribution in [3.8, 4) is 0 Å². The van der Waals surface area contributed by atoms with Crippen LogP contribution in [0.4, 0.5) is 8.78 Å². The quantitative estimate of drug-likeness (QED) is 0.657. The molecule has 0 aliphatic carbocycles. The van der Waals surface area contributed by atoms with Crippen LogP contribution in [0.1, 0.15) is 21.6 Å². The van der Waals surface area contributed by atoms with E-state index < -0.39 is 23.1 Å². The number of nitrogens with zero attached hydrogens (tertiary/aromatic N) is 3. The smallest absolute Gasteiger partial charge is 0.263 e. The molecule has 1 aliphatic rings. The second-order valence-electron chi connectivity index (χ2n) is 6.02. The zero-order valence-corrected chi connectivity index (χ0v) is 14.1. The molecule has 0 unspecified atom stereocenters. The number of carbonyl (C=O) groups excluding carboxylic acids is 1. The van der Waals surface area contributed by atoms with Gasteiger partial charge in [0.05, 0.1) is 28.4 Å². The first-order valence-corrected chi connectivity index (χ1v) is 8.26. The zero-order valence-electron chi connectivity index (χ0n) is 13.4. The van der Waals surface area contributed by atoms with Gasteiger partial charge in [0.1, 0.15) is 17.3 Å². The molecule has 26 heavy (non-hydrogen) atoms. The lowest BCUT2D eigenvalue weighted by Crippen LogP contribution is -2.40. The van der Waals surface area contributed by atoms with Crippen LogP contribution in [-0.2, 0) is 13.0 Å². The highest BCUT2D eigenvalue weighted by molar-refractivity contribution is 6.33. The van der Waals surface area contributed by atoms with Crippen molar-refractivity contribution in [2.45, 2.75) is 13.0 Å². The topological polar surface area (TPSA) is 54.7 Å². The number of amides is 1. The largest absolute Gasteiger partial charge is 0.334 e. The van der Waals surface area contributed by atoms with Crippen molar-refractivity contribution in [3.05, 3.63) is 80.4 Å². The molecule has 1 aromatic carbocycles. The summed E-state index contributed by atoms with van der Waals surface area (Å²) in [6, 6.07) is 6.22. The van der Waals surface area contributed by atoms with Crippen LogP contribution in [0.3, 0.4) is 0 Å². The molecular weight excluding hydrogens is 364 g/mol. The third-order valence-corrected chi connectivity index (χ3v) is 4.71. The summed E-state index contributed by atoms with van der Waals surface area (Å²) in [5.74, 6) is -1.60. The maximum atomic E-state index is 13.5. The molecule has 0 atom stereocenters. The normalized spacial score (nSPS) is 13.7. The molecule has 0 bridgehead atoms. The zero-order chi connectivity index (χ0) is 18.4. The monoisotopic (exact) mass is 375 g/mol. The summed E-state index contributed by atoms with van der Waals surface area (Å²) in [7, 11) is 0. The fraction of sp³-hybridized carbons (Fsp3) is 0.167. The van der Waals surface area contributed by atoms with Crippen LogP contribution in [-0.4, -0.2) is 26.7 Å². The van der Waals surface area contributed by atoms with Crippen molar-refractivity contribution in [2.24, 2.45) is 0 Å². The van der Waals surface area contributed by atoms with E-state index in [-0.39, 0.29) is 17.1 Å². The maximum Gasteiger partial charge on any atom is 0.263 e. The fourth-order valence-corrected chi connectivity index (χ4v) is 3.28. The second kappa shape index (κ2) is 6.17. The molecule has 3 heterocycles. The summed E-state index contributed by atoms with van der Waals surface area (Å²) in [5, 5.41) is 0.137. The lowest BCUT2D eigenvalue weighted by atomic mass is 10.1. The Morgan fingerprint density at radius 2 is 1.92 bits per heavy atom. The molecule has 1 amide bonds. The van der Waals surface area contributed by atoms with Gasteiger partial charge in [0, 0.05) is 19.2 Å². The third kappa shape index (κ3) is 2.74. The predicted molar refractivity (Wildman–Crippen MR) is 91.3 cm³/mol. The molecule has 0 saturated carbocycles. The minimum absolute atomic E-state index is 0.00625. The van der Waals surface area contributed by atoms with Gasteiger partial charge in [-0.3, -0.25) is 14.0 Å². The van der Waals surface area contributed by atoms with Gasteiger partial charge in [0.2, 0.25) is 0 Å². The molecule has 0 saturated heterocycles. The van der Waals surface area contributed by atoms with E-state index in [9.17, 15) is 18.4 Å². The molecule has 5 nitrogen and oxygen atoms in total. The van der Waals surface area contributed by atoms with E-state index in [4.69, 9.17) is 11.6 Å². The second-order valence-corrected chi connectivity index (χ2v) is 6.43. The van der Waals surface area contributed by atoms with Gasteiger partial charge in [-0.05, 0) is 30.3 Å². The highest BCUT2D eigenvalue weighted by Crippen LogP contribution is 2.22. The Hall–Kier alpha value is -2.80. The molecule has 8 heteroatoms. The van der Waals surface area contributed by atoms with Crippen LogP contribution in [0.5, 0.6) is 0 Å². The number of pyridine rings is 1. The number of rotatable bonds is 1. The van der Waals surface area contributed by atoms with E-state index in [1.807, 2.05) is 0 Å². The molecule has 132 valence electrons. The van der Waals surface area contributed by atoms with E-state index in [0.717, 1.165) is 16.7 Å². The molecule has 4 rings (SSSR count). The molecule has 2 aromatic heterocycles. The lowest BCUT2D eigenvalue weighted by Gasteiger charge is -2.28. The van der Waals surface area contributed by atoms with E-state index in [0.29, 0.717) is 29.9 Å². The standard InChI is InChI=1S/C18H12ClF2N3O2/c19-14-3-1-10(20)7-12(14)17(25)23-6-5-15-13(9-23)18(26)24-8-11(21)2-4-16(24)22-15/h1-4,7-8H,5-6,9H2. The summed E-state index contributed by atoms with van der Waals surface area (Å²) >= 11 is 6.00. The Morgan fingerprint density at radius 3 is 2.73 bits per heavy atom. The van der Waals surface area contributed by atoms with Crippen LogP contribution >= 0.6 is 11.6 Å². The lowest BCUT2D eigenvalue weighted by molar-refractivity contribution is 0.0732. The molecule has 0 N–H and O–H groups in total. The number of hydrogen-bond acceptors (Lipinski definition) is 3. The Labute approximate surface area is 151 Å². The van der Waals surface area contributed by atoms with Crippen molar-refractivity contribution in [3.63, 3.8) is 0 Å². The molecule has 3 aromatic rings. The predicted octanol–water partition coefficient (Wildman–Crippen LogP) is 2.82. The van der Waals surface area contributed by atoms with Gasteiger partial charge in [-0.1, -0.05) is 11.6 Å². The van der Waals surface area contributed by atoms with Crippen molar-refractivity contribution >= 4 is 23.2 Å². The van der Waals surface area contributed by atoms with Gasteiger partial charge in [0.15, 0.2) is 0 Å². The third-order valence-electron chi connectivity index (χ3n) is 4.38. The Morgan fingerprint density at radius 1 is 1.15 bits per heavy atom. The number of hydrogen-bond donors (Lipinski definition) is 0. The maximum absolute atomic E-state index is 13.5. The Kier molecular flexibility index (Phi) is 3.96. The van der Waals surface area contributed by atoms with Crippen LogP contribution in [0.2, 0.25) is 5.02 Å². The van der Waals surface area contributed by atoms with Crippen molar-refractivity contribution in [2.75, 3.05) is 6.54 Å². The SMILES string of the molecule is O=C(c1cc(F)ccc1Cl)N1CCc2nc3ccc(F)cn3c(=O)c2C1. The summed E-state index contributed by atoms with van der Waals surface area (Å²) in [5.41, 5.74) is 0.863. The number of fused-ring (bicyclic) bond motifs is 2. The number of carbonyl (C=O) groups is 1. The van der Waals surface area contributed by atoms with Crippen LogP contribution in [0, 0.1) is 11.6 Å². The summed E-state index contributed by atoms with van der Waals surface area (Å²) < 4.78 is 28.0. The first-order chi connectivity index (χ1) is 12.4. The minimum atomic E-state index is -0.571. The highest BCUT2D eigenvalue weighted by atomic mass is 35.5. The van der Waals surface area contributed by atoms with Gasteiger partial charge >= 0.3 is 0 Å². The van der Waals surface area contributed by atoms with Crippen LogP contribution < -0.4 is 5.56 Å². The Balaban J connectivity index is 1.74. The molecule has 0 spiro atoms. The molecular formula is C18H12ClF2N3O2. The van der Waals surface area contributed by atoms with Gasteiger partial charge < -0.3 is 4.90 Å². The van der Waals surface area contributed by atoms with E-state index in [1.54, 1.807) is 0 Å². The van der Waals surface area contributed by atoms with E-state index in [1.165, 1.54) is 29.2 Å². The minimum Gasteiger partial charge on any atom is -0.334 e. The Bertz CT molecular complexity index is 1110. The number of aromatic nitrogens is 2.